The van der Waals surface area contributed by atoms with Crippen molar-refractivity contribution in [3.63, 3.8) is 0 Å². The van der Waals surface area contributed by atoms with Gasteiger partial charge in [0.15, 0.2) is 17.5 Å². The van der Waals surface area contributed by atoms with Crippen molar-refractivity contribution in [3.05, 3.63) is 70.8 Å². The number of hydrogen-bond acceptors (Lipinski definition) is 12. The van der Waals surface area contributed by atoms with Crippen LogP contribution in [-0.4, -0.2) is 87.6 Å². The van der Waals surface area contributed by atoms with Crippen LogP contribution >= 0.6 is 21.6 Å². The van der Waals surface area contributed by atoms with Crippen LogP contribution < -0.4 is 21.1 Å². The summed E-state index contributed by atoms with van der Waals surface area (Å²) in [6.45, 7) is 4.17. The van der Waals surface area contributed by atoms with Crippen molar-refractivity contribution in [2.24, 2.45) is 78.7 Å². The highest BCUT2D eigenvalue weighted by Gasteiger charge is 2.73. The fourth-order valence-corrected chi connectivity index (χ4v) is 30.3. The molecular formula is C76H107N5O6S2. The maximum Gasteiger partial charge on any atom is 0.303 e. The van der Waals surface area contributed by atoms with Gasteiger partial charge < -0.3 is 41.0 Å². The van der Waals surface area contributed by atoms with E-state index in [0.29, 0.717) is 84.5 Å². The monoisotopic (exact) mass is 1250 g/mol. The van der Waals surface area contributed by atoms with E-state index in [9.17, 15) is 15.0 Å². The number of nitrogens with two attached hydrogens (primary N) is 1. The average molecular weight is 1250 g/mol. The van der Waals surface area contributed by atoms with Crippen molar-refractivity contribution >= 4 is 39.4 Å². The highest BCUT2D eigenvalue weighted by molar-refractivity contribution is 8.77. The number of aliphatic imine (C=N–C) groups is 1. The number of phenols is 1. The number of esters is 1. The summed E-state index contributed by atoms with van der Waals surface area (Å²) in [6.07, 6.45) is 42.8. The Morgan fingerprint density at radius 3 is 2.45 bits per heavy atom. The van der Waals surface area contributed by atoms with E-state index in [2.05, 4.69) is 92.7 Å². The molecule has 0 radical (unpaired) electrons. The van der Waals surface area contributed by atoms with Crippen LogP contribution in [0, 0.1) is 68.0 Å². The summed E-state index contributed by atoms with van der Waals surface area (Å²) in [5, 5.41) is 33.9. The first-order valence-corrected chi connectivity index (χ1v) is 39.0. The summed E-state index contributed by atoms with van der Waals surface area (Å²) in [7, 11) is 6.58. The van der Waals surface area contributed by atoms with Gasteiger partial charge in [-0.3, -0.25) is 14.6 Å². The molecule has 2 aromatic carbocycles. The number of carbonyl (C=O) groups excluding carboxylic acids is 2. The Kier molecular flexibility index (Phi) is 15.4. The molecule has 11 fully saturated rings. The zero-order valence-corrected chi connectivity index (χ0v) is 55.8. The van der Waals surface area contributed by atoms with E-state index in [0.717, 1.165) is 93.4 Å². The number of aryl methyl sites for hydroxylation is 1. The molecule has 89 heavy (non-hydrogen) atoms. The number of phenolic OH excluding ortho intramolecular Hbond substituents is 1. The number of benzene rings is 2. The molecule has 11 aliphatic carbocycles. The van der Waals surface area contributed by atoms with Gasteiger partial charge in [0.25, 0.3) is 0 Å². The van der Waals surface area contributed by atoms with Crippen LogP contribution in [0.4, 0.5) is 0 Å². The minimum Gasteiger partial charge on any atom is -0.504 e. The molecule has 10 bridgehead atoms. The van der Waals surface area contributed by atoms with Crippen LogP contribution in [0.3, 0.4) is 0 Å². The molecule has 6 aliphatic heterocycles. The van der Waals surface area contributed by atoms with Gasteiger partial charge in [0.05, 0.1) is 6.10 Å². The van der Waals surface area contributed by atoms with Crippen molar-refractivity contribution in [2.75, 3.05) is 32.4 Å². The van der Waals surface area contributed by atoms with Crippen LogP contribution in [0.5, 0.6) is 11.5 Å². The molecule has 6 heterocycles. The third-order valence-electron chi connectivity index (χ3n) is 30.1. The third-order valence-corrected chi connectivity index (χ3v) is 33.4. The van der Waals surface area contributed by atoms with Gasteiger partial charge in [0.1, 0.15) is 16.1 Å². The lowest BCUT2D eigenvalue weighted by molar-refractivity contribution is -0.173. The van der Waals surface area contributed by atoms with Gasteiger partial charge in [-0.2, -0.15) is 0 Å². The second-order valence-electron chi connectivity index (χ2n) is 33.3. The number of nitrogens with zero attached hydrogens (tertiary/aromatic N) is 2. The number of aromatic hydroxyl groups is 1. The molecule has 1 amide bonds. The SMILES string of the molecule is CNCC1CCCC12CCC1(CCC3(CC4CCC3CSSC3(CCCC35CCCC5)NC(N)=NCC3CCC(c5ccccc5)C35CC(=O)N(Cc3cc(c6c(c3O)OC37C=CC6CC3CCC7)CCC3(OC(C)=O)CCC4C(O)C3)C5)C13CCCC3)C2. The first kappa shape index (κ1) is 60.5. The molecule has 19 rings (SSSR count). The molecule has 0 aromatic heterocycles. The Morgan fingerprint density at radius 1 is 0.831 bits per heavy atom. The number of amides is 1. The molecule has 8 spiro atoms. The fourth-order valence-electron chi connectivity index (χ4n) is 26.3. The van der Waals surface area contributed by atoms with E-state index in [1.54, 1.807) is 6.92 Å². The maximum atomic E-state index is 15.1. The Balaban J connectivity index is 0.794. The molecule has 17 aliphatic rings. The van der Waals surface area contributed by atoms with E-state index in [1.165, 1.54) is 140 Å². The molecule has 1 saturated heterocycles. The Labute approximate surface area is 540 Å². The largest absolute Gasteiger partial charge is 0.504 e. The lowest BCUT2D eigenvalue weighted by Gasteiger charge is -2.60. The highest BCUT2D eigenvalue weighted by Crippen LogP contribution is 2.82. The van der Waals surface area contributed by atoms with Gasteiger partial charge in [0.2, 0.25) is 5.91 Å². The molecule has 484 valence electrons. The van der Waals surface area contributed by atoms with Gasteiger partial charge in [0, 0.05) is 78.9 Å². The summed E-state index contributed by atoms with van der Waals surface area (Å²) in [5.74, 6) is 5.16. The van der Waals surface area contributed by atoms with Crippen LogP contribution in [0.2, 0.25) is 0 Å². The second-order valence-corrected chi connectivity index (χ2v) is 36.0. The van der Waals surface area contributed by atoms with E-state index in [1.807, 2.05) is 0 Å². The third kappa shape index (κ3) is 9.42. The molecular weight excluding hydrogens is 1140 g/mol. The predicted molar refractivity (Wildman–Crippen MR) is 356 cm³/mol. The molecule has 13 heteroatoms. The quantitative estimate of drug-likeness (QED) is 0.113. The van der Waals surface area contributed by atoms with Crippen molar-refractivity contribution in [2.45, 2.75) is 266 Å². The van der Waals surface area contributed by atoms with Crippen molar-refractivity contribution in [1.82, 2.24) is 15.5 Å². The van der Waals surface area contributed by atoms with Gasteiger partial charge in [-0.25, -0.2) is 0 Å². The van der Waals surface area contributed by atoms with Gasteiger partial charge in [-0.1, -0.05) is 90.1 Å². The lowest BCUT2D eigenvalue weighted by Crippen LogP contribution is -2.56. The number of fused-ring (bicyclic) bond motifs is 3. The first-order valence-electron chi connectivity index (χ1n) is 36.6. The number of allylic oxidation sites excluding steroid dienone is 1. The van der Waals surface area contributed by atoms with E-state index < -0.39 is 17.3 Å². The first-order chi connectivity index (χ1) is 43.1. The molecule has 11 nitrogen and oxygen atoms in total. The highest BCUT2D eigenvalue weighted by atomic mass is 33.1. The van der Waals surface area contributed by atoms with Crippen molar-refractivity contribution < 1.29 is 29.3 Å². The second kappa shape index (κ2) is 22.6. The molecule has 6 N–H and O–H groups in total. The zero-order valence-electron chi connectivity index (χ0n) is 54.2. The number of nitrogens with one attached hydrogen (secondary N) is 2. The number of aliphatic hydroxyl groups excluding tert-OH is 1. The van der Waals surface area contributed by atoms with Crippen LogP contribution in [0.25, 0.3) is 0 Å². The molecule has 2 aromatic rings. The van der Waals surface area contributed by atoms with Gasteiger partial charge in [-0.05, 0) is 267 Å². The number of carbonyl (C=O) groups is 2. The summed E-state index contributed by atoms with van der Waals surface area (Å²) in [6, 6.07) is 13.1. The summed E-state index contributed by atoms with van der Waals surface area (Å²) < 4.78 is 14.0. The fraction of sp³-hybridized carbons (Fsp3) is 0.776. The standard InChI is InChI=1S/C76H107N5O6S2/c1-50(82)86-71-32-21-52-39-55(65(85)66-64(52)53-22-34-74(87-66)28-11-15-56(74)40-53)46-81-49-72(43-63(81)84)58(19-20-61(72)51-13-4-3-5-14-51)45-79-67(77)80-76(31-12-27-69(76)25-6-7-26-69)89-88-47-59-18-17-54(60(23-33-71)62(83)42-71)41-73(59)38-37-70(75(73)29-8-9-30-75)36-35-68(48-70)24-10-16-57(68)44-78-2/h3-5,13-14,22,34,39,53-54,56-62,78,83,85H,6-12,15-21,23-33,35-38,40-49H2,1-2H3,(H3,77,79,80). The van der Waals surface area contributed by atoms with Crippen molar-refractivity contribution in [1.29, 1.82) is 0 Å². The predicted octanol–water partition coefficient (Wildman–Crippen LogP) is 15.3. The smallest absolute Gasteiger partial charge is 0.303 e. The topological polar surface area (TPSA) is 159 Å². The van der Waals surface area contributed by atoms with Crippen LogP contribution in [0.1, 0.15) is 253 Å². The zero-order chi connectivity index (χ0) is 60.7. The minimum absolute atomic E-state index is 0.0855. The lowest BCUT2D eigenvalue weighted by atomic mass is 9.45. The Hall–Kier alpha value is -3.39. The Bertz CT molecular complexity index is 3100. The summed E-state index contributed by atoms with van der Waals surface area (Å²) >= 11 is 0. The van der Waals surface area contributed by atoms with Gasteiger partial charge >= 0.3 is 5.97 Å². The van der Waals surface area contributed by atoms with Crippen molar-refractivity contribution in [3.8, 4) is 11.5 Å². The van der Waals surface area contributed by atoms with Gasteiger partial charge in [-0.15, -0.1) is 0 Å². The summed E-state index contributed by atoms with van der Waals surface area (Å²) in [5.41, 5.74) is 11.6. The van der Waals surface area contributed by atoms with E-state index in [4.69, 9.17) is 20.2 Å². The molecule has 10 saturated carbocycles. The molecule has 16 unspecified atom stereocenters. The van der Waals surface area contributed by atoms with Crippen LogP contribution in [-0.2, 0) is 27.3 Å². The number of rotatable bonds is 4. The summed E-state index contributed by atoms with van der Waals surface area (Å²) in [4.78, 5) is 36.0. The Morgan fingerprint density at radius 2 is 1.63 bits per heavy atom. The van der Waals surface area contributed by atoms with Crippen LogP contribution in [0.15, 0.2) is 53.5 Å². The molecule has 16 atom stereocenters. The normalized spacial score (nSPS) is 43.6. The maximum absolute atomic E-state index is 15.1. The minimum atomic E-state index is -0.823. The average Bonchev–Trinajstić information content (AvgIpc) is 1.52. The number of ether oxygens (including phenoxy) is 2. The number of guanidine groups is 1. The number of aliphatic hydroxyl groups is 1. The van der Waals surface area contributed by atoms with E-state index >= 15 is 4.79 Å². The number of hydrogen-bond donors (Lipinski definition) is 5. The van der Waals surface area contributed by atoms with E-state index in [-0.39, 0.29) is 69.0 Å².